The van der Waals surface area contributed by atoms with E-state index in [0.29, 0.717) is 16.9 Å². The van der Waals surface area contributed by atoms with E-state index in [1.807, 2.05) is 0 Å². The normalized spacial score (nSPS) is 11.9. The number of hydrogen-bond donors (Lipinski definition) is 2. The number of aromatic hydroxyl groups is 1. The van der Waals surface area contributed by atoms with Gasteiger partial charge in [0, 0.05) is 37.1 Å². The number of esters is 2. The van der Waals surface area contributed by atoms with E-state index in [0.717, 1.165) is 0 Å². The molecule has 0 spiro atoms. The van der Waals surface area contributed by atoms with Gasteiger partial charge >= 0.3 is 11.9 Å². The van der Waals surface area contributed by atoms with Crippen molar-refractivity contribution in [3.8, 4) is 23.0 Å². The summed E-state index contributed by atoms with van der Waals surface area (Å²) in [6.07, 6.45) is 2.01. The van der Waals surface area contributed by atoms with Gasteiger partial charge in [-0.2, -0.15) is 0 Å². The second-order valence-corrected chi connectivity index (χ2v) is 5.62. The van der Waals surface area contributed by atoms with Crippen LogP contribution in [0.2, 0.25) is 0 Å². The van der Waals surface area contributed by atoms with Crippen LogP contribution in [0, 0.1) is 0 Å². The van der Waals surface area contributed by atoms with Crippen LogP contribution in [0.4, 0.5) is 0 Å². The van der Waals surface area contributed by atoms with E-state index >= 15 is 0 Å². The predicted molar refractivity (Wildman–Crippen MR) is 97.7 cm³/mol. The van der Waals surface area contributed by atoms with Gasteiger partial charge in [0.2, 0.25) is 0 Å². The van der Waals surface area contributed by atoms with Gasteiger partial charge in [0.1, 0.15) is 29.1 Å². The Kier molecular flexibility index (Phi) is 6.56. The Hall–Kier alpha value is -3.32. The van der Waals surface area contributed by atoms with E-state index in [2.05, 4.69) is 0 Å². The Balaban J connectivity index is 2.31. The van der Waals surface area contributed by atoms with Crippen LogP contribution < -0.4 is 14.2 Å². The first kappa shape index (κ1) is 20.0. The maximum absolute atomic E-state index is 11.3. The quantitative estimate of drug-likeness (QED) is 0.593. The molecule has 27 heavy (non-hydrogen) atoms. The predicted octanol–water partition coefficient (Wildman–Crippen LogP) is 3.00. The van der Waals surface area contributed by atoms with E-state index in [1.165, 1.54) is 45.2 Å². The summed E-state index contributed by atoms with van der Waals surface area (Å²) in [5, 5.41) is 19.9. The van der Waals surface area contributed by atoms with Crippen molar-refractivity contribution in [3.05, 3.63) is 53.6 Å². The van der Waals surface area contributed by atoms with E-state index in [4.69, 9.17) is 14.2 Å². The van der Waals surface area contributed by atoms with Crippen molar-refractivity contribution >= 4 is 18.0 Å². The minimum Gasteiger partial charge on any atom is -0.508 e. The third kappa shape index (κ3) is 5.58. The summed E-state index contributed by atoms with van der Waals surface area (Å²) in [6, 6.07) is 8.92. The molecule has 0 aliphatic heterocycles. The SMILES string of the molecule is COc1cc(O)ccc1C(O)C=Cc1ccc(OC(C)=O)cc1OC(C)=O. The van der Waals surface area contributed by atoms with Gasteiger partial charge in [-0.15, -0.1) is 0 Å². The Morgan fingerprint density at radius 1 is 1.00 bits per heavy atom. The summed E-state index contributed by atoms with van der Waals surface area (Å²) >= 11 is 0. The molecule has 0 amide bonds. The van der Waals surface area contributed by atoms with Crippen LogP contribution in [0.5, 0.6) is 23.0 Å². The molecule has 0 radical (unpaired) electrons. The first-order chi connectivity index (χ1) is 12.8. The smallest absolute Gasteiger partial charge is 0.308 e. The van der Waals surface area contributed by atoms with E-state index in [1.54, 1.807) is 24.3 Å². The Labute approximate surface area is 156 Å². The lowest BCUT2D eigenvalue weighted by Gasteiger charge is -2.12. The van der Waals surface area contributed by atoms with Crippen molar-refractivity contribution < 1.29 is 34.0 Å². The number of carbonyl (C=O) groups is 2. The zero-order valence-corrected chi connectivity index (χ0v) is 15.1. The molecule has 2 rings (SSSR count). The fraction of sp³-hybridized carbons (Fsp3) is 0.200. The van der Waals surface area contributed by atoms with Crippen molar-refractivity contribution in [2.45, 2.75) is 20.0 Å². The summed E-state index contributed by atoms with van der Waals surface area (Å²) in [5.74, 6) is -0.270. The largest absolute Gasteiger partial charge is 0.508 e. The third-order valence-electron chi connectivity index (χ3n) is 3.49. The van der Waals surface area contributed by atoms with Crippen LogP contribution in [0.25, 0.3) is 6.08 Å². The first-order valence-corrected chi connectivity index (χ1v) is 8.04. The number of benzene rings is 2. The highest BCUT2D eigenvalue weighted by Gasteiger charge is 2.13. The van der Waals surface area contributed by atoms with Crippen LogP contribution in [0.15, 0.2) is 42.5 Å². The number of methoxy groups -OCH3 is 1. The van der Waals surface area contributed by atoms with Gasteiger partial charge in [0.05, 0.1) is 7.11 Å². The molecule has 142 valence electrons. The van der Waals surface area contributed by atoms with Crippen molar-refractivity contribution in [1.29, 1.82) is 0 Å². The first-order valence-electron chi connectivity index (χ1n) is 8.04. The molecule has 2 aromatic carbocycles. The molecular weight excluding hydrogens is 352 g/mol. The molecule has 7 nitrogen and oxygen atoms in total. The number of hydrogen-bond acceptors (Lipinski definition) is 7. The standard InChI is InChI=1S/C20H20O7/c1-12(21)26-16-7-4-14(19(11-16)27-13(2)22)5-9-18(24)17-8-6-15(23)10-20(17)25-3/h4-11,18,23-24H,1-3H3. The number of aliphatic hydroxyl groups excluding tert-OH is 1. The molecule has 0 bridgehead atoms. The molecule has 1 atom stereocenters. The fourth-order valence-electron chi connectivity index (χ4n) is 2.37. The Morgan fingerprint density at radius 2 is 1.70 bits per heavy atom. The fourth-order valence-corrected chi connectivity index (χ4v) is 2.37. The zero-order chi connectivity index (χ0) is 20.0. The summed E-state index contributed by atoms with van der Waals surface area (Å²) < 4.78 is 15.3. The lowest BCUT2D eigenvalue weighted by Crippen LogP contribution is -2.05. The molecule has 0 saturated heterocycles. The molecule has 0 heterocycles. The molecule has 7 heteroatoms. The molecule has 1 unspecified atom stereocenters. The molecule has 0 saturated carbocycles. The minimum absolute atomic E-state index is 0.0185. The summed E-state index contributed by atoms with van der Waals surface area (Å²) in [7, 11) is 1.43. The molecule has 0 fully saturated rings. The van der Waals surface area contributed by atoms with Gasteiger partial charge in [-0.05, 0) is 24.3 Å². The van der Waals surface area contributed by atoms with Crippen LogP contribution in [-0.4, -0.2) is 29.3 Å². The summed E-state index contributed by atoms with van der Waals surface area (Å²) in [6.45, 7) is 2.52. The van der Waals surface area contributed by atoms with Gasteiger partial charge in [-0.1, -0.05) is 12.2 Å². The van der Waals surface area contributed by atoms with E-state index in [-0.39, 0.29) is 17.2 Å². The monoisotopic (exact) mass is 372 g/mol. The molecule has 0 aromatic heterocycles. The number of ether oxygens (including phenoxy) is 3. The Bertz CT molecular complexity index is 871. The van der Waals surface area contributed by atoms with Crippen molar-refractivity contribution in [2.24, 2.45) is 0 Å². The van der Waals surface area contributed by atoms with E-state index < -0.39 is 18.0 Å². The van der Waals surface area contributed by atoms with Gasteiger partial charge in [0.15, 0.2) is 0 Å². The van der Waals surface area contributed by atoms with Gasteiger partial charge < -0.3 is 24.4 Å². The summed E-state index contributed by atoms with van der Waals surface area (Å²) in [4.78, 5) is 22.4. The lowest BCUT2D eigenvalue weighted by atomic mass is 10.1. The van der Waals surface area contributed by atoms with Crippen molar-refractivity contribution in [1.82, 2.24) is 0 Å². The average Bonchev–Trinajstić information content (AvgIpc) is 2.59. The maximum atomic E-state index is 11.3. The van der Waals surface area contributed by atoms with Crippen LogP contribution in [-0.2, 0) is 9.59 Å². The highest BCUT2D eigenvalue weighted by Crippen LogP contribution is 2.31. The number of rotatable bonds is 6. The van der Waals surface area contributed by atoms with Gasteiger partial charge in [0.25, 0.3) is 0 Å². The second-order valence-electron chi connectivity index (χ2n) is 5.62. The number of phenolic OH excluding ortho intramolecular Hbond substituents is 1. The van der Waals surface area contributed by atoms with Gasteiger partial charge in [-0.3, -0.25) is 9.59 Å². The number of aliphatic hydroxyl groups is 1. The molecule has 0 aliphatic rings. The molecule has 2 N–H and O–H groups in total. The summed E-state index contributed by atoms with van der Waals surface area (Å²) in [5.41, 5.74) is 0.954. The highest BCUT2D eigenvalue weighted by atomic mass is 16.5. The highest BCUT2D eigenvalue weighted by molar-refractivity contribution is 5.74. The third-order valence-corrected chi connectivity index (χ3v) is 3.49. The second kappa shape index (κ2) is 8.86. The maximum Gasteiger partial charge on any atom is 0.308 e. The number of carbonyl (C=O) groups excluding carboxylic acids is 2. The van der Waals surface area contributed by atoms with Crippen LogP contribution in [0.1, 0.15) is 31.1 Å². The molecular formula is C20H20O7. The topological polar surface area (TPSA) is 102 Å². The lowest BCUT2D eigenvalue weighted by molar-refractivity contribution is -0.132. The molecule has 2 aromatic rings. The van der Waals surface area contributed by atoms with Crippen molar-refractivity contribution in [2.75, 3.05) is 7.11 Å². The van der Waals surface area contributed by atoms with Gasteiger partial charge in [-0.25, -0.2) is 0 Å². The minimum atomic E-state index is -1.03. The molecule has 0 aliphatic carbocycles. The van der Waals surface area contributed by atoms with E-state index in [9.17, 15) is 19.8 Å². The average molecular weight is 372 g/mol. The van der Waals surface area contributed by atoms with Crippen LogP contribution in [0.3, 0.4) is 0 Å². The Morgan fingerprint density at radius 3 is 2.33 bits per heavy atom. The number of phenols is 1. The zero-order valence-electron chi connectivity index (χ0n) is 15.1. The van der Waals surface area contributed by atoms with Crippen molar-refractivity contribution in [3.63, 3.8) is 0 Å². The van der Waals surface area contributed by atoms with Crippen LogP contribution >= 0.6 is 0 Å².